The van der Waals surface area contributed by atoms with E-state index in [0.717, 1.165) is 59.1 Å². The lowest BCUT2D eigenvalue weighted by Gasteiger charge is -2.52. The van der Waals surface area contributed by atoms with Crippen molar-refractivity contribution in [3.8, 4) is 11.5 Å². The van der Waals surface area contributed by atoms with Crippen molar-refractivity contribution >= 4 is 16.8 Å². The Morgan fingerprint density at radius 2 is 2.06 bits per heavy atom. The first-order valence-electron chi connectivity index (χ1n) is 12.4. The molecule has 3 saturated heterocycles. The van der Waals surface area contributed by atoms with Crippen LogP contribution in [0.15, 0.2) is 54.7 Å². The third-order valence-electron chi connectivity index (χ3n) is 7.98. The fourth-order valence-electron chi connectivity index (χ4n) is 6.22. The van der Waals surface area contributed by atoms with Crippen molar-refractivity contribution in [3.63, 3.8) is 0 Å². The number of nitrogens with one attached hydrogen (secondary N) is 1. The summed E-state index contributed by atoms with van der Waals surface area (Å²) in [4.78, 5) is 20.6. The maximum atomic E-state index is 13.4. The number of fused-ring (bicyclic) bond motifs is 5. The number of ether oxygens (including phenoxy) is 2. The average molecular weight is 458 g/mol. The van der Waals surface area contributed by atoms with Crippen LogP contribution in [-0.2, 0) is 11.2 Å². The summed E-state index contributed by atoms with van der Waals surface area (Å²) in [5, 5.41) is 4.57. The lowest BCUT2D eigenvalue weighted by Crippen LogP contribution is -2.57. The predicted molar refractivity (Wildman–Crippen MR) is 131 cm³/mol. The molecule has 3 fully saturated rings. The van der Waals surface area contributed by atoms with E-state index in [0.29, 0.717) is 18.2 Å². The van der Waals surface area contributed by atoms with Crippen LogP contribution in [0.2, 0.25) is 0 Å². The van der Waals surface area contributed by atoms with Crippen LogP contribution >= 0.6 is 0 Å². The van der Waals surface area contributed by atoms with E-state index in [9.17, 15) is 4.79 Å². The largest absolute Gasteiger partial charge is 0.454 e. The summed E-state index contributed by atoms with van der Waals surface area (Å²) in [6, 6.07) is 16.3. The Kier molecular flexibility index (Phi) is 5.61. The molecule has 6 nitrogen and oxygen atoms in total. The molecular weight excluding hydrogens is 426 g/mol. The summed E-state index contributed by atoms with van der Waals surface area (Å²) >= 11 is 0. The molecule has 1 aromatic heterocycles. The van der Waals surface area contributed by atoms with Gasteiger partial charge in [0.25, 0.3) is 0 Å². The van der Waals surface area contributed by atoms with Gasteiger partial charge in [0.05, 0.1) is 18.0 Å². The van der Waals surface area contributed by atoms with Crippen LogP contribution in [-0.4, -0.2) is 41.7 Å². The van der Waals surface area contributed by atoms with Gasteiger partial charge in [-0.05, 0) is 66.6 Å². The van der Waals surface area contributed by atoms with Gasteiger partial charge in [0, 0.05) is 24.2 Å². The van der Waals surface area contributed by atoms with E-state index in [1.807, 2.05) is 36.5 Å². The number of carbonyl (C=O) groups excluding carboxylic acids is 1. The van der Waals surface area contributed by atoms with Crippen molar-refractivity contribution in [1.82, 2.24) is 15.2 Å². The van der Waals surface area contributed by atoms with Gasteiger partial charge in [-0.15, -0.1) is 0 Å². The molecule has 0 aliphatic carbocycles. The molecule has 0 radical (unpaired) electrons. The molecule has 34 heavy (non-hydrogen) atoms. The van der Waals surface area contributed by atoms with Crippen LogP contribution in [0, 0.1) is 11.8 Å². The molecule has 176 valence electrons. The van der Waals surface area contributed by atoms with Gasteiger partial charge in [-0.2, -0.15) is 0 Å². The summed E-state index contributed by atoms with van der Waals surface area (Å²) < 4.78 is 10.9. The Bertz CT molecular complexity index is 1210. The van der Waals surface area contributed by atoms with Gasteiger partial charge in [0.1, 0.15) is 0 Å². The van der Waals surface area contributed by atoms with Crippen molar-refractivity contribution in [2.24, 2.45) is 11.8 Å². The summed E-state index contributed by atoms with van der Waals surface area (Å²) in [5.41, 5.74) is 3.06. The van der Waals surface area contributed by atoms with Crippen molar-refractivity contribution in [2.45, 2.75) is 44.7 Å². The Labute approximate surface area is 200 Å². The summed E-state index contributed by atoms with van der Waals surface area (Å²) in [7, 11) is 0. The molecule has 5 heterocycles. The first-order valence-corrected chi connectivity index (χ1v) is 12.4. The van der Waals surface area contributed by atoms with E-state index in [2.05, 4.69) is 40.3 Å². The number of aromatic nitrogens is 1. The Morgan fingerprint density at radius 3 is 2.91 bits per heavy atom. The van der Waals surface area contributed by atoms with Crippen LogP contribution in [0.1, 0.15) is 43.4 Å². The highest BCUT2D eigenvalue weighted by atomic mass is 16.7. The van der Waals surface area contributed by atoms with Gasteiger partial charge in [-0.3, -0.25) is 14.7 Å². The maximum Gasteiger partial charge on any atom is 0.231 e. The molecule has 3 aromatic rings. The van der Waals surface area contributed by atoms with Crippen LogP contribution < -0.4 is 14.8 Å². The second-order valence-corrected chi connectivity index (χ2v) is 9.84. The summed E-state index contributed by atoms with van der Waals surface area (Å²) in [5.74, 6) is 2.98. The highest BCUT2D eigenvalue weighted by Gasteiger charge is 2.43. The van der Waals surface area contributed by atoms with E-state index in [4.69, 9.17) is 9.47 Å². The topological polar surface area (TPSA) is 63.7 Å². The number of piperidine rings is 3. The van der Waals surface area contributed by atoms with E-state index < -0.39 is 0 Å². The van der Waals surface area contributed by atoms with Crippen LogP contribution in [0.4, 0.5) is 0 Å². The summed E-state index contributed by atoms with van der Waals surface area (Å²) in [6.45, 7) is 4.79. The number of carbonyl (C=O) groups is 1. The van der Waals surface area contributed by atoms with Gasteiger partial charge < -0.3 is 14.8 Å². The number of benzene rings is 2. The molecule has 2 bridgehead atoms. The monoisotopic (exact) mass is 457 g/mol. The fourth-order valence-corrected chi connectivity index (χ4v) is 6.22. The number of hydrogen-bond acceptors (Lipinski definition) is 5. The number of pyridine rings is 1. The normalized spacial score (nSPS) is 25.9. The molecule has 7 rings (SSSR count). The zero-order chi connectivity index (χ0) is 23.1. The lowest BCUT2D eigenvalue weighted by atomic mass is 9.72. The molecule has 6 heteroatoms. The number of para-hydroxylation sites is 1. The standard InChI is InChI=1S/C28H31N3O3/c1-2-19-16-31-12-10-20(19)15-24(31)28(22-9-11-29-23-6-4-3-5-21(22)23)30-27(32)14-18-7-8-25-26(13-18)34-17-33-25/h3-9,11,13,19-20,24,28H,2,10,12,14-17H2,1H3,(H,30,32)/t19-,20-,24+,28+/m0/s1. The van der Waals surface area contributed by atoms with Gasteiger partial charge in [-0.25, -0.2) is 0 Å². The maximum absolute atomic E-state index is 13.4. The van der Waals surface area contributed by atoms with Crippen molar-refractivity contribution in [3.05, 3.63) is 65.9 Å². The quantitative estimate of drug-likeness (QED) is 0.591. The molecule has 5 atom stereocenters. The number of amides is 1. The second-order valence-electron chi connectivity index (χ2n) is 9.84. The second kappa shape index (κ2) is 8.91. The number of nitrogens with zero attached hydrogens (tertiary/aromatic N) is 2. The van der Waals surface area contributed by atoms with Crippen molar-refractivity contribution in [1.29, 1.82) is 0 Å². The lowest BCUT2D eigenvalue weighted by molar-refractivity contribution is -0.122. The number of rotatable bonds is 6. The molecule has 1 amide bonds. The fraction of sp³-hybridized carbons (Fsp3) is 0.429. The molecular formula is C28H31N3O3. The smallest absolute Gasteiger partial charge is 0.231 e. The highest BCUT2D eigenvalue weighted by Crippen LogP contribution is 2.42. The van der Waals surface area contributed by atoms with E-state index in [-0.39, 0.29) is 18.7 Å². The highest BCUT2D eigenvalue weighted by molar-refractivity contribution is 5.84. The molecule has 0 saturated carbocycles. The predicted octanol–water partition coefficient (Wildman–Crippen LogP) is 4.48. The number of hydrogen-bond donors (Lipinski definition) is 1. The van der Waals surface area contributed by atoms with Crippen molar-refractivity contribution < 1.29 is 14.3 Å². The molecule has 2 aromatic carbocycles. The van der Waals surface area contributed by atoms with E-state index in [1.54, 1.807) is 0 Å². The first kappa shape index (κ1) is 21.4. The van der Waals surface area contributed by atoms with Gasteiger partial charge in [0.2, 0.25) is 12.7 Å². The SMILES string of the molecule is CC[C@H]1CN2CC[C@H]1C[C@@H]2[C@H](NC(=O)Cc1ccc2c(c1)OCO2)c1ccnc2ccccc12. The minimum absolute atomic E-state index is 0.0273. The Hall–Kier alpha value is -3.12. The third kappa shape index (κ3) is 3.90. The summed E-state index contributed by atoms with van der Waals surface area (Å²) in [6.07, 6.45) is 5.81. The van der Waals surface area contributed by atoms with Crippen molar-refractivity contribution in [2.75, 3.05) is 19.9 Å². The Morgan fingerprint density at radius 1 is 1.18 bits per heavy atom. The van der Waals surface area contributed by atoms with Gasteiger partial charge in [0.15, 0.2) is 11.5 Å². The Balaban J connectivity index is 1.30. The van der Waals surface area contributed by atoms with Gasteiger partial charge in [-0.1, -0.05) is 37.6 Å². The van der Waals surface area contributed by atoms with Crippen LogP contribution in [0.25, 0.3) is 10.9 Å². The average Bonchev–Trinajstić information content (AvgIpc) is 3.35. The molecule has 1 unspecified atom stereocenters. The van der Waals surface area contributed by atoms with E-state index in [1.165, 1.54) is 12.8 Å². The minimum Gasteiger partial charge on any atom is -0.454 e. The van der Waals surface area contributed by atoms with Gasteiger partial charge >= 0.3 is 0 Å². The molecule has 0 spiro atoms. The molecule has 1 N–H and O–H groups in total. The zero-order valence-electron chi connectivity index (χ0n) is 19.6. The minimum atomic E-state index is -0.0741. The van der Waals surface area contributed by atoms with Crippen LogP contribution in [0.3, 0.4) is 0 Å². The molecule has 4 aliphatic heterocycles. The van der Waals surface area contributed by atoms with E-state index >= 15 is 0 Å². The van der Waals surface area contributed by atoms with Crippen LogP contribution in [0.5, 0.6) is 11.5 Å². The zero-order valence-corrected chi connectivity index (χ0v) is 19.6. The third-order valence-corrected chi connectivity index (χ3v) is 7.98. The first-order chi connectivity index (χ1) is 16.7. The molecule has 4 aliphatic rings.